The molecule has 100 valence electrons. The molecule has 18 heavy (non-hydrogen) atoms. The van der Waals surface area contributed by atoms with Gasteiger partial charge in [0.2, 0.25) is 0 Å². The highest BCUT2D eigenvalue weighted by Gasteiger charge is 2.20. The molecular formula is C13H17Cl2NO2. The summed E-state index contributed by atoms with van der Waals surface area (Å²) in [7, 11) is 0. The van der Waals surface area contributed by atoms with Crippen LogP contribution in [0.3, 0.4) is 0 Å². The smallest absolute Gasteiger partial charge is 0.139 e. The van der Waals surface area contributed by atoms with E-state index in [1.54, 1.807) is 18.2 Å². The molecule has 1 heterocycles. The van der Waals surface area contributed by atoms with E-state index < -0.39 is 0 Å². The highest BCUT2D eigenvalue weighted by molar-refractivity contribution is 6.34. The second kappa shape index (κ2) is 6.62. The van der Waals surface area contributed by atoms with E-state index in [4.69, 9.17) is 32.7 Å². The summed E-state index contributed by atoms with van der Waals surface area (Å²) < 4.78 is 11.3. The fraction of sp³-hybridized carbons (Fsp3) is 0.538. The first-order valence-corrected chi connectivity index (χ1v) is 6.86. The summed E-state index contributed by atoms with van der Waals surface area (Å²) in [5.74, 6) is 0.612. The van der Waals surface area contributed by atoms with Gasteiger partial charge in [-0.2, -0.15) is 0 Å². The Kier molecular flexibility index (Phi) is 5.13. The lowest BCUT2D eigenvalue weighted by Gasteiger charge is -2.31. The summed E-state index contributed by atoms with van der Waals surface area (Å²) in [4.78, 5) is 2.34. The van der Waals surface area contributed by atoms with Crippen molar-refractivity contribution in [2.75, 3.05) is 32.8 Å². The molecule has 0 radical (unpaired) electrons. The minimum atomic E-state index is 0.0914. The quantitative estimate of drug-likeness (QED) is 0.850. The Bertz CT molecular complexity index is 401. The van der Waals surface area contributed by atoms with Crippen molar-refractivity contribution in [3.8, 4) is 5.75 Å². The molecule has 1 aliphatic heterocycles. The van der Waals surface area contributed by atoms with Gasteiger partial charge in [-0.15, -0.1) is 0 Å². The summed E-state index contributed by atoms with van der Waals surface area (Å²) in [6.45, 7) is 6.33. The first-order valence-electron chi connectivity index (χ1n) is 6.11. The van der Waals surface area contributed by atoms with E-state index >= 15 is 0 Å². The summed E-state index contributed by atoms with van der Waals surface area (Å²) in [5, 5.41) is 1.19. The van der Waals surface area contributed by atoms with Crippen LogP contribution in [0.15, 0.2) is 18.2 Å². The third-order valence-electron chi connectivity index (χ3n) is 2.99. The largest absolute Gasteiger partial charge is 0.489 e. The van der Waals surface area contributed by atoms with Gasteiger partial charge in [0.05, 0.1) is 11.6 Å². The monoisotopic (exact) mass is 289 g/mol. The van der Waals surface area contributed by atoms with Crippen molar-refractivity contribution in [3.63, 3.8) is 0 Å². The van der Waals surface area contributed by atoms with Crippen LogP contribution in [0.5, 0.6) is 5.75 Å². The Hall–Kier alpha value is -0.480. The van der Waals surface area contributed by atoms with Gasteiger partial charge in [0.25, 0.3) is 0 Å². The van der Waals surface area contributed by atoms with Gasteiger partial charge in [0, 0.05) is 24.2 Å². The first-order chi connectivity index (χ1) is 8.69. The van der Waals surface area contributed by atoms with Crippen molar-refractivity contribution in [1.82, 2.24) is 4.90 Å². The average Bonchev–Trinajstić information content (AvgIpc) is 2.40. The lowest BCUT2D eigenvalue weighted by Crippen LogP contribution is -2.44. The molecule has 1 saturated heterocycles. The molecule has 1 atom stereocenters. The Balaban J connectivity index is 1.89. The molecule has 0 N–H and O–H groups in total. The van der Waals surface area contributed by atoms with Crippen molar-refractivity contribution in [2.45, 2.75) is 13.0 Å². The number of ether oxygens (including phenoxy) is 2. The molecule has 0 aliphatic carbocycles. The van der Waals surface area contributed by atoms with Gasteiger partial charge in [-0.3, -0.25) is 4.90 Å². The number of likely N-dealkylation sites (N-methyl/N-ethyl adjacent to an activating group) is 1. The number of morpholine rings is 1. The molecule has 0 amide bonds. The van der Waals surface area contributed by atoms with Crippen LogP contribution in [-0.2, 0) is 4.74 Å². The van der Waals surface area contributed by atoms with E-state index in [0.29, 0.717) is 22.4 Å². The minimum Gasteiger partial charge on any atom is -0.489 e. The van der Waals surface area contributed by atoms with E-state index in [1.165, 1.54) is 0 Å². The van der Waals surface area contributed by atoms with E-state index in [0.717, 1.165) is 26.2 Å². The summed E-state index contributed by atoms with van der Waals surface area (Å²) in [6, 6.07) is 5.20. The van der Waals surface area contributed by atoms with E-state index in [2.05, 4.69) is 11.8 Å². The van der Waals surface area contributed by atoms with Gasteiger partial charge < -0.3 is 9.47 Å². The van der Waals surface area contributed by atoms with Gasteiger partial charge >= 0.3 is 0 Å². The number of benzene rings is 1. The predicted molar refractivity (Wildman–Crippen MR) is 73.8 cm³/mol. The van der Waals surface area contributed by atoms with Crippen LogP contribution in [0.1, 0.15) is 6.92 Å². The molecular weight excluding hydrogens is 273 g/mol. The fourth-order valence-electron chi connectivity index (χ4n) is 1.94. The van der Waals surface area contributed by atoms with E-state index in [-0.39, 0.29) is 6.10 Å². The molecule has 1 aliphatic rings. The molecule has 1 fully saturated rings. The maximum atomic E-state index is 6.03. The van der Waals surface area contributed by atoms with Crippen LogP contribution in [0.25, 0.3) is 0 Å². The predicted octanol–water partition coefficient (Wildman–Crippen LogP) is 3.09. The van der Waals surface area contributed by atoms with Crippen LogP contribution in [-0.4, -0.2) is 43.9 Å². The minimum absolute atomic E-state index is 0.0914. The van der Waals surface area contributed by atoms with Crippen LogP contribution in [0.2, 0.25) is 10.0 Å². The number of hydrogen-bond acceptors (Lipinski definition) is 3. The molecule has 0 spiro atoms. The number of rotatable bonds is 4. The standard InChI is InChI=1S/C13H17Cl2NO2/c1-2-16-5-6-17-11(8-16)9-18-13-7-10(14)3-4-12(13)15/h3-4,7,11H,2,5-6,8-9H2,1H3. The summed E-state index contributed by atoms with van der Waals surface area (Å²) in [6.07, 6.45) is 0.0914. The molecule has 0 aromatic heterocycles. The third kappa shape index (κ3) is 3.75. The van der Waals surface area contributed by atoms with Crippen molar-refractivity contribution in [1.29, 1.82) is 0 Å². The van der Waals surface area contributed by atoms with Gasteiger partial charge in [0.15, 0.2) is 0 Å². The zero-order valence-electron chi connectivity index (χ0n) is 10.4. The Morgan fingerprint density at radius 2 is 2.28 bits per heavy atom. The molecule has 5 heteroatoms. The maximum Gasteiger partial charge on any atom is 0.139 e. The Morgan fingerprint density at radius 3 is 3.06 bits per heavy atom. The third-order valence-corrected chi connectivity index (χ3v) is 3.54. The highest BCUT2D eigenvalue weighted by atomic mass is 35.5. The Morgan fingerprint density at radius 1 is 1.44 bits per heavy atom. The zero-order chi connectivity index (χ0) is 13.0. The van der Waals surface area contributed by atoms with Crippen LogP contribution in [0, 0.1) is 0 Å². The van der Waals surface area contributed by atoms with Crippen LogP contribution >= 0.6 is 23.2 Å². The Labute approximate surface area is 118 Å². The molecule has 1 aromatic rings. The summed E-state index contributed by atoms with van der Waals surface area (Å²) >= 11 is 11.9. The van der Waals surface area contributed by atoms with Gasteiger partial charge in [0.1, 0.15) is 18.5 Å². The number of halogens is 2. The second-order valence-corrected chi connectivity index (χ2v) is 5.12. The second-order valence-electron chi connectivity index (χ2n) is 4.27. The van der Waals surface area contributed by atoms with Crippen molar-refractivity contribution in [2.24, 2.45) is 0 Å². The zero-order valence-corrected chi connectivity index (χ0v) is 11.9. The first kappa shape index (κ1) is 13.9. The molecule has 2 rings (SSSR count). The number of hydrogen-bond donors (Lipinski definition) is 0. The van der Waals surface area contributed by atoms with Crippen molar-refractivity contribution >= 4 is 23.2 Å². The van der Waals surface area contributed by atoms with E-state index in [1.807, 2.05) is 0 Å². The fourth-order valence-corrected chi connectivity index (χ4v) is 2.27. The lowest BCUT2D eigenvalue weighted by molar-refractivity contribution is -0.0463. The lowest BCUT2D eigenvalue weighted by atomic mass is 10.3. The topological polar surface area (TPSA) is 21.7 Å². The molecule has 1 aromatic carbocycles. The van der Waals surface area contributed by atoms with Crippen LogP contribution < -0.4 is 4.74 Å². The van der Waals surface area contributed by atoms with Crippen LogP contribution in [0.4, 0.5) is 0 Å². The van der Waals surface area contributed by atoms with Gasteiger partial charge in [-0.1, -0.05) is 30.1 Å². The highest BCUT2D eigenvalue weighted by Crippen LogP contribution is 2.27. The summed E-state index contributed by atoms with van der Waals surface area (Å²) in [5.41, 5.74) is 0. The van der Waals surface area contributed by atoms with Gasteiger partial charge in [-0.05, 0) is 18.7 Å². The van der Waals surface area contributed by atoms with Gasteiger partial charge in [-0.25, -0.2) is 0 Å². The molecule has 0 saturated carbocycles. The SMILES string of the molecule is CCN1CCOC(COc2cc(Cl)ccc2Cl)C1. The number of nitrogens with zero attached hydrogens (tertiary/aromatic N) is 1. The maximum absolute atomic E-state index is 6.03. The molecule has 1 unspecified atom stereocenters. The average molecular weight is 290 g/mol. The van der Waals surface area contributed by atoms with Crippen molar-refractivity contribution < 1.29 is 9.47 Å². The molecule has 0 bridgehead atoms. The normalized spacial score (nSPS) is 20.9. The molecule has 3 nitrogen and oxygen atoms in total. The van der Waals surface area contributed by atoms with Crippen molar-refractivity contribution in [3.05, 3.63) is 28.2 Å². The van der Waals surface area contributed by atoms with E-state index in [9.17, 15) is 0 Å².